The van der Waals surface area contributed by atoms with Crippen molar-refractivity contribution in [3.8, 4) is 0 Å². The molecule has 3 N–H and O–H groups in total. The van der Waals surface area contributed by atoms with Gasteiger partial charge in [-0.25, -0.2) is 0 Å². The lowest BCUT2D eigenvalue weighted by molar-refractivity contribution is 0.187. The number of halogens is 2. The fourth-order valence-electron chi connectivity index (χ4n) is 1.74. The first-order valence-corrected chi connectivity index (χ1v) is 5.14. The average molecular weight is 261 g/mol. The predicted octanol–water partition coefficient (Wildman–Crippen LogP) is 2.25. The monoisotopic (exact) mass is 260 g/mol. The summed E-state index contributed by atoms with van der Waals surface area (Å²) in [5, 5.41) is 11.3. The Morgan fingerprint density at radius 1 is 1.50 bits per heavy atom. The van der Waals surface area contributed by atoms with E-state index in [1.807, 2.05) is 29.9 Å². The Balaban J connectivity index is 0.00000128. The van der Waals surface area contributed by atoms with E-state index in [9.17, 15) is 5.11 Å². The molecule has 0 bridgehead atoms. The van der Waals surface area contributed by atoms with Crippen LogP contribution >= 0.6 is 24.0 Å². The lowest BCUT2D eigenvalue weighted by atomic mass is 10.1. The second-order valence-corrected chi connectivity index (χ2v) is 4.03. The van der Waals surface area contributed by atoms with Crippen LogP contribution in [-0.4, -0.2) is 16.2 Å². The molecule has 88 valence electrons. The minimum Gasteiger partial charge on any atom is -0.387 e. The minimum atomic E-state index is -0.646. The van der Waals surface area contributed by atoms with Gasteiger partial charge in [0.2, 0.25) is 0 Å². The molecule has 1 heterocycles. The Labute approximate surface area is 105 Å². The topological polar surface area (TPSA) is 51.2 Å². The van der Waals surface area contributed by atoms with Crippen LogP contribution in [0.15, 0.2) is 24.4 Å². The maximum Gasteiger partial charge on any atom is 0.0912 e. The number of rotatable bonds is 2. The van der Waals surface area contributed by atoms with Gasteiger partial charge in [-0.05, 0) is 23.8 Å². The highest BCUT2D eigenvalue weighted by atomic mass is 35.5. The van der Waals surface area contributed by atoms with E-state index in [2.05, 4.69) is 0 Å². The van der Waals surface area contributed by atoms with Gasteiger partial charge in [-0.15, -0.1) is 12.4 Å². The molecule has 0 aliphatic carbocycles. The third kappa shape index (κ3) is 2.18. The first kappa shape index (κ1) is 13.3. The molecule has 2 aromatic rings. The van der Waals surface area contributed by atoms with Gasteiger partial charge in [0, 0.05) is 25.2 Å². The van der Waals surface area contributed by atoms with Crippen molar-refractivity contribution in [2.24, 2.45) is 12.8 Å². The molecule has 1 aromatic carbocycles. The lowest BCUT2D eigenvalue weighted by Gasteiger charge is -2.09. The summed E-state index contributed by atoms with van der Waals surface area (Å²) in [5.74, 6) is 0. The Hall–Kier alpha value is -0.740. The van der Waals surface area contributed by atoms with Crippen molar-refractivity contribution in [2.45, 2.75) is 6.10 Å². The van der Waals surface area contributed by atoms with Crippen LogP contribution in [0.2, 0.25) is 5.02 Å². The molecule has 0 saturated carbocycles. The highest BCUT2D eigenvalue weighted by Crippen LogP contribution is 2.28. The molecule has 0 unspecified atom stereocenters. The van der Waals surface area contributed by atoms with Crippen LogP contribution in [0.25, 0.3) is 10.9 Å². The molecular formula is C11H14Cl2N2O. The van der Waals surface area contributed by atoms with Gasteiger partial charge in [0.05, 0.1) is 16.6 Å². The number of aromatic nitrogens is 1. The first-order chi connectivity index (χ1) is 7.13. The van der Waals surface area contributed by atoms with Crippen molar-refractivity contribution in [2.75, 3.05) is 6.54 Å². The molecule has 0 saturated heterocycles. The van der Waals surface area contributed by atoms with E-state index >= 15 is 0 Å². The molecule has 0 amide bonds. The third-order valence-electron chi connectivity index (χ3n) is 2.55. The summed E-state index contributed by atoms with van der Waals surface area (Å²) in [6.45, 7) is 0.203. The smallest absolute Gasteiger partial charge is 0.0912 e. The molecule has 0 spiro atoms. The van der Waals surface area contributed by atoms with Gasteiger partial charge in [-0.3, -0.25) is 0 Å². The zero-order valence-electron chi connectivity index (χ0n) is 8.85. The van der Waals surface area contributed by atoms with Crippen LogP contribution < -0.4 is 5.73 Å². The highest BCUT2D eigenvalue weighted by molar-refractivity contribution is 6.35. The molecule has 1 atom stereocenters. The second kappa shape index (κ2) is 5.06. The molecular weight excluding hydrogens is 247 g/mol. The van der Waals surface area contributed by atoms with E-state index in [0.29, 0.717) is 5.02 Å². The quantitative estimate of drug-likeness (QED) is 0.871. The van der Waals surface area contributed by atoms with Crippen molar-refractivity contribution in [1.82, 2.24) is 4.57 Å². The predicted molar refractivity (Wildman–Crippen MR) is 69.2 cm³/mol. The van der Waals surface area contributed by atoms with E-state index in [1.165, 1.54) is 0 Å². The fourth-order valence-corrected chi connectivity index (χ4v) is 2.10. The van der Waals surface area contributed by atoms with Crippen molar-refractivity contribution in [1.29, 1.82) is 0 Å². The summed E-state index contributed by atoms with van der Waals surface area (Å²) in [7, 11) is 1.94. The van der Waals surface area contributed by atoms with Crippen LogP contribution in [0, 0.1) is 0 Å². The molecule has 0 aliphatic rings. The van der Waals surface area contributed by atoms with E-state index in [0.717, 1.165) is 16.5 Å². The number of aryl methyl sites for hydroxylation is 1. The molecule has 0 fully saturated rings. The van der Waals surface area contributed by atoms with Gasteiger partial charge in [0.15, 0.2) is 0 Å². The molecule has 0 aliphatic heterocycles. The average Bonchev–Trinajstić information content (AvgIpc) is 2.59. The fraction of sp³-hybridized carbons (Fsp3) is 0.273. The van der Waals surface area contributed by atoms with Crippen molar-refractivity contribution in [3.05, 3.63) is 35.0 Å². The number of aliphatic hydroxyl groups is 1. The highest BCUT2D eigenvalue weighted by Gasteiger charge is 2.10. The van der Waals surface area contributed by atoms with Crippen LogP contribution in [0.3, 0.4) is 0 Å². The molecule has 2 rings (SSSR count). The SMILES string of the molecule is Cl.Cn1ccc2cc([C@H](O)CN)cc(Cl)c21. The van der Waals surface area contributed by atoms with Gasteiger partial charge in [0.25, 0.3) is 0 Å². The largest absolute Gasteiger partial charge is 0.387 e. The van der Waals surface area contributed by atoms with Gasteiger partial charge < -0.3 is 15.4 Å². The molecule has 3 nitrogen and oxygen atoms in total. The molecule has 0 radical (unpaired) electrons. The molecule has 16 heavy (non-hydrogen) atoms. The van der Waals surface area contributed by atoms with Crippen LogP contribution in [0.1, 0.15) is 11.7 Å². The van der Waals surface area contributed by atoms with Gasteiger partial charge in [-0.2, -0.15) is 0 Å². The van der Waals surface area contributed by atoms with E-state index in [4.69, 9.17) is 17.3 Å². The van der Waals surface area contributed by atoms with E-state index in [1.54, 1.807) is 6.07 Å². The first-order valence-electron chi connectivity index (χ1n) is 4.76. The lowest BCUT2D eigenvalue weighted by Crippen LogP contribution is -2.11. The summed E-state index contributed by atoms with van der Waals surface area (Å²) in [4.78, 5) is 0. The number of nitrogens with zero attached hydrogens (tertiary/aromatic N) is 1. The summed E-state index contributed by atoms with van der Waals surface area (Å²) >= 11 is 6.14. The maximum absolute atomic E-state index is 9.63. The van der Waals surface area contributed by atoms with Crippen molar-refractivity contribution >= 4 is 34.9 Å². The zero-order chi connectivity index (χ0) is 11.0. The summed E-state index contributed by atoms with van der Waals surface area (Å²) in [5.41, 5.74) is 7.15. The van der Waals surface area contributed by atoms with E-state index in [-0.39, 0.29) is 19.0 Å². The van der Waals surface area contributed by atoms with Gasteiger partial charge in [-0.1, -0.05) is 11.6 Å². The standard InChI is InChI=1S/C11H13ClN2O.ClH/c1-14-3-2-7-4-8(10(15)6-13)5-9(12)11(7)14;/h2-5,10,15H,6,13H2,1H3;1H/t10-;/m1./s1. The van der Waals surface area contributed by atoms with Crippen molar-refractivity contribution < 1.29 is 5.11 Å². The Morgan fingerprint density at radius 3 is 2.81 bits per heavy atom. The summed E-state index contributed by atoms with van der Waals surface area (Å²) in [6.07, 6.45) is 1.29. The van der Waals surface area contributed by atoms with Gasteiger partial charge in [0.1, 0.15) is 0 Å². The Bertz CT molecular complexity index is 496. The second-order valence-electron chi connectivity index (χ2n) is 3.62. The number of nitrogens with two attached hydrogens (primary N) is 1. The molecule has 5 heteroatoms. The van der Waals surface area contributed by atoms with Crippen LogP contribution in [0.4, 0.5) is 0 Å². The Morgan fingerprint density at radius 2 is 2.19 bits per heavy atom. The Kier molecular flexibility index (Phi) is 4.21. The number of hydrogen-bond donors (Lipinski definition) is 2. The third-order valence-corrected chi connectivity index (χ3v) is 2.84. The van der Waals surface area contributed by atoms with Crippen molar-refractivity contribution in [3.63, 3.8) is 0 Å². The summed E-state index contributed by atoms with van der Waals surface area (Å²) in [6, 6.07) is 5.65. The maximum atomic E-state index is 9.63. The van der Waals surface area contributed by atoms with Crippen LogP contribution in [-0.2, 0) is 7.05 Å². The number of fused-ring (bicyclic) bond motifs is 1. The zero-order valence-corrected chi connectivity index (χ0v) is 10.4. The number of benzene rings is 1. The van der Waals surface area contributed by atoms with Crippen LogP contribution in [0.5, 0.6) is 0 Å². The number of hydrogen-bond acceptors (Lipinski definition) is 2. The molecule has 1 aromatic heterocycles. The normalized spacial score (nSPS) is 12.5. The number of aliphatic hydroxyl groups excluding tert-OH is 1. The summed E-state index contributed by atoms with van der Waals surface area (Å²) < 4.78 is 1.95. The van der Waals surface area contributed by atoms with Gasteiger partial charge >= 0.3 is 0 Å². The van der Waals surface area contributed by atoms with E-state index < -0.39 is 6.10 Å². The minimum absolute atomic E-state index is 0.